The van der Waals surface area contributed by atoms with Crippen LogP contribution < -0.4 is 0 Å². The minimum atomic E-state index is -4.47. The van der Waals surface area contributed by atoms with Gasteiger partial charge in [-0.3, -0.25) is 4.79 Å². The SMILES string of the molecule is Cn1cc(C#N)cc1C(=O)N1CCCC(c2ncc(C(F)(F)F)[nH]2)C1. The number of aryl methyl sites for hydroxylation is 1. The predicted octanol–water partition coefficient (Wildman–Crippen LogP) is 2.66. The van der Waals surface area contributed by atoms with Crippen molar-refractivity contribution in [2.75, 3.05) is 13.1 Å². The number of halogens is 3. The lowest BCUT2D eigenvalue weighted by atomic mass is 9.97. The number of hydrogen-bond donors (Lipinski definition) is 1. The van der Waals surface area contributed by atoms with E-state index in [2.05, 4.69) is 9.97 Å². The molecule has 6 nitrogen and oxygen atoms in total. The number of nitrogens with zero attached hydrogens (tertiary/aromatic N) is 4. The molecule has 1 aliphatic rings. The summed E-state index contributed by atoms with van der Waals surface area (Å²) < 4.78 is 39.7. The first-order valence-corrected chi connectivity index (χ1v) is 7.77. The third-order valence-corrected chi connectivity index (χ3v) is 4.35. The van der Waals surface area contributed by atoms with Gasteiger partial charge in [-0.05, 0) is 18.9 Å². The second-order valence-corrected chi connectivity index (χ2v) is 6.11. The van der Waals surface area contributed by atoms with Gasteiger partial charge in [-0.15, -0.1) is 0 Å². The lowest BCUT2D eigenvalue weighted by Gasteiger charge is -2.32. The molecule has 0 bridgehead atoms. The molecule has 0 saturated carbocycles. The van der Waals surface area contributed by atoms with Crippen molar-refractivity contribution >= 4 is 5.91 Å². The third-order valence-electron chi connectivity index (χ3n) is 4.35. The molecule has 3 heterocycles. The normalized spacial score (nSPS) is 18.2. The van der Waals surface area contributed by atoms with Crippen LogP contribution in [0.5, 0.6) is 0 Å². The molecule has 1 atom stereocenters. The summed E-state index contributed by atoms with van der Waals surface area (Å²) in [6, 6.07) is 3.50. The van der Waals surface area contributed by atoms with E-state index in [1.165, 1.54) is 6.07 Å². The molecule has 3 rings (SSSR count). The molecular weight excluding hydrogens is 335 g/mol. The first-order chi connectivity index (χ1) is 11.8. The maximum absolute atomic E-state index is 12.7. The number of aromatic amines is 1. The van der Waals surface area contributed by atoms with E-state index in [0.29, 0.717) is 30.6 Å². The number of piperidine rings is 1. The third kappa shape index (κ3) is 3.38. The monoisotopic (exact) mass is 351 g/mol. The number of aromatic nitrogens is 3. The average Bonchev–Trinajstić information content (AvgIpc) is 3.21. The summed E-state index contributed by atoms with van der Waals surface area (Å²) in [5, 5.41) is 8.93. The van der Waals surface area contributed by atoms with Crippen LogP contribution in [0.2, 0.25) is 0 Å². The van der Waals surface area contributed by atoms with E-state index in [0.717, 1.165) is 6.20 Å². The van der Waals surface area contributed by atoms with Crippen molar-refractivity contribution < 1.29 is 18.0 Å². The van der Waals surface area contributed by atoms with Gasteiger partial charge in [0.15, 0.2) is 0 Å². The maximum atomic E-state index is 12.7. The Hall–Kier alpha value is -2.76. The molecule has 1 aliphatic heterocycles. The van der Waals surface area contributed by atoms with Crippen LogP contribution in [0.15, 0.2) is 18.5 Å². The second-order valence-electron chi connectivity index (χ2n) is 6.11. The molecule has 25 heavy (non-hydrogen) atoms. The fraction of sp³-hybridized carbons (Fsp3) is 0.438. The molecule has 132 valence electrons. The minimum absolute atomic E-state index is 0.240. The molecule has 0 radical (unpaired) electrons. The van der Waals surface area contributed by atoms with Gasteiger partial charge in [0, 0.05) is 32.3 Å². The van der Waals surface area contributed by atoms with E-state index in [9.17, 15) is 18.0 Å². The average molecular weight is 351 g/mol. The van der Waals surface area contributed by atoms with E-state index in [4.69, 9.17) is 5.26 Å². The lowest BCUT2D eigenvalue weighted by molar-refractivity contribution is -0.141. The van der Waals surface area contributed by atoms with Crippen LogP contribution in [-0.2, 0) is 13.2 Å². The van der Waals surface area contributed by atoms with Crippen molar-refractivity contribution in [2.24, 2.45) is 7.05 Å². The number of likely N-dealkylation sites (tertiary alicyclic amines) is 1. The number of carbonyl (C=O) groups excluding carboxylic acids is 1. The first kappa shape index (κ1) is 17.1. The smallest absolute Gasteiger partial charge is 0.345 e. The molecule has 0 aromatic carbocycles. The van der Waals surface area contributed by atoms with Crippen LogP contribution >= 0.6 is 0 Å². The number of nitrogens with one attached hydrogen (secondary N) is 1. The molecule has 1 amide bonds. The summed E-state index contributed by atoms with van der Waals surface area (Å²) in [6.07, 6.45) is -0.783. The largest absolute Gasteiger partial charge is 0.432 e. The van der Waals surface area contributed by atoms with Crippen molar-refractivity contribution in [2.45, 2.75) is 24.9 Å². The highest BCUT2D eigenvalue weighted by molar-refractivity contribution is 5.93. The molecule has 1 fully saturated rings. The molecule has 9 heteroatoms. The summed E-state index contributed by atoms with van der Waals surface area (Å²) in [4.78, 5) is 20.4. The Balaban J connectivity index is 1.77. The summed E-state index contributed by atoms with van der Waals surface area (Å²) in [5.74, 6) is -0.268. The Morgan fingerprint density at radius 1 is 1.48 bits per heavy atom. The van der Waals surface area contributed by atoms with Crippen molar-refractivity contribution in [1.82, 2.24) is 19.4 Å². The van der Waals surface area contributed by atoms with Gasteiger partial charge < -0.3 is 14.5 Å². The Bertz CT molecular complexity index is 830. The van der Waals surface area contributed by atoms with E-state index in [-0.39, 0.29) is 24.2 Å². The number of imidazole rings is 1. The van der Waals surface area contributed by atoms with Gasteiger partial charge in [0.05, 0.1) is 11.8 Å². The lowest BCUT2D eigenvalue weighted by Crippen LogP contribution is -2.40. The first-order valence-electron chi connectivity index (χ1n) is 7.77. The predicted molar refractivity (Wildman–Crippen MR) is 81.6 cm³/mol. The van der Waals surface area contributed by atoms with Crippen LogP contribution in [0, 0.1) is 11.3 Å². The Labute approximate surface area is 141 Å². The van der Waals surface area contributed by atoms with E-state index < -0.39 is 11.9 Å². The summed E-state index contributed by atoms with van der Waals surface area (Å²) >= 11 is 0. The summed E-state index contributed by atoms with van der Waals surface area (Å²) in [7, 11) is 1.68. The number of carbonyl (C=O) groups is 1. The number of alkyl halides is 3. The fourth-order valence-corrected chi connectivity index (χ4v) is 3.07. The number of amides is 1. The van der Waals surface area contributed by atoms with Crippen LogP contribution in [0.25, 0.3) is 0 Å². The molecule has 0 spiro atoms. The number of nitriles is 1. The van der Waals surface area contributed by atoms with E-state index in [1.807, 2.05) is 6.07 Å². The van der Waals surface area contributed by atoms with Gasteiger partial charge >= 0.3 is 6.18 Å². The van der Waals surface area contributed by atoms with Crippen molar-refractivity contribution in [1.29, 1.82) is 5.26 Å². The molecule has 2 aromatic rings. The van der Waals surface area contributed by atoms with Gasteiger partial charge in [-0.25, -0.2) is 4.98 Å². The molecule has 1 N–H and O–H groups in total. The number of H-pyrrole nitrogens is 1. The quantitative estimate of drug-likeness (QED) is 0.904. The zero-order valence-electron chi connectivity index (χ0n) is 13.5. The molecule has 2 aromatic heterocycles. The molecular formula is C16H16F3N5O. The van der Waals surface area contributed by atoms with Crippen LogP contribution in [-0.4, -0.2) is 38.4 Å². The Morgan fingerprint density at radius 3 is 2.84 bits per heavy atom. The molecule has 1 unspecified atom stereocenters. The number of hydrogen-bond acceptors (Lipinski definition) is 3. The van der Waals surface area contributed by atoms with E-state index in [1.54, 1.807) is 22.7 Å². The van der Waals surface area contributed by atoms with Crippen molar-refractivity contribution in [3.05, 3.63) is 41.2 Å². The van der Waals surface area contributed by atoms with Crippen molar-refractivity contribution in [3.8, 4) is 6.07 Å². The van der Waals surface area contributed by atoms with Gasteiger partial charge in [0.1, 0.15) is 23.3 Å². The highest BCUT2D eigenvalue weighted by Crippen LogP contribution is 2.31. The zero-order chi connectivity index (χ0) is 18.2. The van der Waals surface area contributed by atoms with Crippen molar-refractivity contribution in [3.63, 3.8) is 0 Å². The van der Waals surface area contributed by atoms with Crippen LogP contribution in [0.1, 0.15) is 46.3 Å². The highest BCUT2D eigenvalue weighted by atomic mass is 19.4. The second kappa shape index (κ2) is 6.27. The fourth-order valence-electron chi connectivity index (χ4n) is 3.07. The minimum Gasteiger partial charge on any atom is -0.345 e. The standard InChI is InChI=1S/C16H16F3N5O/c1-23-8-10(6-20)5-12(23)15(25)24-4-2-3-11(9-24)14-21-7-13(22-14)16(17,18)19/h5,7-8,11H,2-4,9H2,1H3,(H,21,22). The van der Waals surface area contributed by atoms with Gasteiger partial charge in [-0.1, -0.05) is 0 Å². The topological polar surface area (TPSA) is 77.7 Å². The summed E-state index contributed by atoms with van der Waals surface area (Å²) in [5.41, 5.74) is -0.111. The highest BCUT2D eigenvalue weighted by Gasteiger charge is 2.35. The molecule has 1 saturated heterocycles. The number of rotatable bonds is 2. The Kier molecular flexibility index (Phi) is 4.29. The van der Waals surface area contributed by atoms with E-state index >= 15 is 0 Å². The molecule has 0 aliphatic carbocycles. The van der Waals surface area contributed by atoms with Gasteiger partial charge in [0.25, 0.3) is 5.91 Å². The Morgan fingerprint density at radius 2 is 2.24 bits per heavy atom. The van der Waals surface area contributed by atoms with Gasteiger partial charge in [-0.2, -0.15) is 18.4 Å². The van der Waals surface area contributed by atoms with Gasteiger partial charge in [0.2, 0.25) is 0 Å². The maximum Gasteiger partial charge on any atom is 0.432 e. The zero-order valence-corrected chi connectivity index (χ0v) is 13.5. The van der Waals surface area contributed by atoms with Crippen LogP contribution in [0.3, 0.4) is 0 Å². The van der Waals surface area contributed by atoms with Crippen LogP contribution in [0.4, 0.5) is 13.2 Å². The summed E-state index contributed by atoms with van der Waals surface area (Å²) in [6.45, 7) is 0.811.